The summed E-state index contributed by atoms with van der Waals surface area (Å²) >= 11 is 0. The van der Waals surface area contributed by atoms with Crippen molar-refractivity contribution in [3.05, 3.63) is 0 Å². The predicted octanol–water partition coefficient (Wildman–Crippen LogP) is 1.15. The highest BCUT2D eigenvalue weighted by atomic mass is 32.2. The number of carboxylic acid groups (broad SMARTS) is 1. The molecule has 0 aliphatic carbocycles. The van der Waals surface area contributed by atoms with Gasteiger partial charge in [-0.3, -0.25) is 4.79 Å². The van der Waals surface area contributed by atoms with E-state index in [1.165, 1.54) is 4.31 Å². The van der Waals surface area contributed by atoms with Gasteiger partial charge in [0.05, 0.1) is 5.41 Å². The van der Waals surface area contributed by atoms with Crippen molar-refractivity contribution in [3.8, 4) is 0 Å². The topological polar surface area (TPSA) is 77.9 Å². The van der Waals surface area contributed by atoms with Crippen molar-refractivity contribution in [2.45, 2.75) is 39.5 Å². The van der Waals surface area contributed by atoms with E-state index < -0.39 is 21.6 Å². The molecule has 2 heterocycles. The average molecular weight is 304 g/mol. The minimum absolute atomic E-state index is 0.303. The number of rotatable bonds is 3. The summed E-state index contributed by atoms with van der Waals surface area (Å²) < 4.78 is 28.1. The van der Waals surface area contributed by atoms with E-state index in [2.05, 4.69) is 6.92 Å². The molecule has 2 aliphatic heterocycles. The molecule has 0 bridgehead atoms. The number of hydrogen-bond acceptors (Lipinski definition) is 3. The van der Waals surface area contributed by atoms with Crippen molar-refractivity contribution in [1.29, 1.82) is 0 Å². The van der Waals surface area contributed by atoms with Gasteiger partial charge >= 0.3 is 5.97 Å². The maximum atomic E-state index is 12.5. The van der Waals surface area contributed by atoms with E-state index >= 15 is 0 Å². The van der Waals surface area contributed by atoms with Crippen molar-refractivity contribution in [3.63, 3.8) is 0 Å². The molecule has 7 heteroatoms. The third kappa shape index (κ3) is 2.99. The van der Waals surface area contributed by atoms with E-state index in [0.717, 1.165) is 12.8 Å². The van der Waals surface area contributed by atoms with Crippen molar-refractivity contribution in [1.82, 2.24) is 8.61 Å². The van der Waals surface area contributed by atoms with Gasteiger partial charge in [0.15, 0.2) is 0 Å². The molecule has 2 aliphatic rings. The Morgan fingerprint density at radius 3 is 2.00 bits per heavy atom. The third-order valence-electron chi connectivity index (χ3n) is 4.74. The fourth-order valence-corrected chi connectivity index (χ4v) is 4.45. The van der Waals surface area contributed by atoms with Gasteiger partial charge in [-0.1, -0.05) is 6.92 Å². The highest BCUT2D eigenvalue weighted by Crippen LogP contribution is 2.33. The Balaban J connectivity index is 2.00. The number of carbonyl (C=O) groups is 1. The molecule has 2 rings (SSSR count). The summed E-state index contributed by atoms with van der Waals surface area (Å²) in [5, 5.41) is 9.19. The molecule has 0 aromatic heterocycles. The van der Waals surface area contributed by atoms with Crippen LogP contribution in [0.3, 0.4) is 0 Å². The lowest BCUT2D eigenvalue weighted by Crippen LogP contribution is -2.51. The minimum Gasteiger partial charge on any atom is -0.481 e. The predicted molar refractivity (Wildman–Crippen MR) is 75.4 cm³/mol. The van der Waals surface area contributed by atoms with Crippen molar-refractivity contribution in [2.24, 2.45) is 11.3 Å². The van der Waals surface area contributed by atoms with Crippen LogP contribution >= 0.6 is 0 Å². The van der Waals surface area contributed by atoms with Crippen LogP contribution in [-0.2, 0) is 15.0 Å². The van der Waals surface area contributed by atoms with Gasteiger partial charge in [-0.25, -0.2) is 0 Å². The maximum Gasteiger partial charge on any atom is 0.309 e. The first kappa shape index (κ1) is 15.7. The molecular weight excluding hydrogens is 280 g/mol. The van der Waals surface area contributed by atoms with Crippen molar-refractivity contribution in [2.75, 3.05) is 26.2 Å². The van der Waals surface area contributed by atoms with Gasteiger partial charge in [0.1, 0.15) is 0 Å². The summed E-state index contributed by atoms with van der Waals surface area (Å²) in [6.45, 7) is 5.60. The minimum atomic E-state index is -3.41. The van der Waals surface area contributed by atoms with E-state index in [0.29, 0.717) is 44.9 Å². The Morgan fingerprint density at radius 1 is 1.10 bits per heavy atom. The number of hydrogen-bond donors (Lipinski definition) is 1. The zero-order valence-corrected chi connectivity index (χ0v) is 13.0. The van der Waals surface area contributed by atoms with Gasteiger partial charge < -0.3 is 5.11 Å². The number of piperidine rings is 2. The fourth-order valence-electron chi connectivity index (χ4n) is 2.80. The Bertz CT molecular complexity index is 461. The summed E-state index contributed by atoms with van der Waals surface area (Å²) in [6, 6.07) is 0. The third-order valence-corrected chi connectivity index (χ3v) is 6.77. The van der Waals surface area contributed by atoms with Crippen LogP contribution in [0.5, 0.6) is 0 Å². The molecule has 0 amide bonds. The average Bonchev–Trinajstić information content (AvgIpc) is 2.39. The molecule has 2 saturated heterocycles. The molecule has 0 aromatic carbocycles. The molecule has 2 fully saturated rings. The maximum absolute atomic E-state index is 12.5. The molecule has 0 aromatic rings. The highest BCUT2D eigenvalue weighted by Gasteiger charge is 2.41. The van der Waals surface area contributed by atoms with Crippen molar-refractivity contribution < 1.29 is 18.3 Å². The summed E-state index contributed by atoms with van der Waals surface area (Å²) in [4.78, 5) is 11.2. The lowest BCUT2D eigenvalue weighted by Gasteiger charge is -2.39. The Labute approximate surface area is 120 Å². The summed E-state index contributed by atoms with van der Waals surface area (Å²) in [5.74, 6) is -0.251. The quantitative estimate of drug-likeness (QED) is 0.848. The SMILES string of the molecule is CC1CCN(S(=O)(=O)N2CCC(C)(C(=O)O)CC2)CC1. The monoisotopic (exact) mass is 304 g/mol. The van der Waals surface area contributed by atoms with Crippen LogP contribution in [0.2, 0.25) is 0 Å². The van der Waals surface area contributed by atoms with Crippen LogP contribution in [0.1, 0.15) is 39.5 Å². The first-order valence-corrected chi connectivity index (χ1v) is 8.64. The van der Waals surface area contributed by atoms with Gasteiger partial charge in [0, 0.05) is 26.2 Å². The molecule has 116 valence electrons. The summed E-state index contributed by atoms with van der Waals surface area (Å²) in [7, 11) is -3.41. The van der Waals surface area contributed by atoms with E-state index in [1.807, 2.05) is 0 Å². The first-order valence-electron chi connectivity index (χ1n) is 7.24. The largest absolute Gasteiger partial charge is 0.481 e. The summed E-state index contributed by atoms with van der Waals surface area (Å²) in [5.41, 5.74) is -0.789. The van der Waals surface area contributed by atoms with Gasteiger partial charge in [0.25, 0.3) is 10.2 Å². The highest BCUT2D eigenvalue weighted by molar-refractivity contribution is 7.86. The zero-order chi connectivity index (χ0) is 15.0. The van der Waals surface area contributed by atoms with Gasteiger partial charge in [-0.15, -0.1) is 0 Å². The lowest BCUT2D eigenvalue weighted by atomic mass is 9.81. The first-order chi connectivity index (χ1) is 9.25. The standard InChI is InChI=1S/C13H24N2O4S/c1-11-3-7-14(8-4-11)20(18,19)15-9-5-13(2,6-10-15)12(16)17/h11H,3-10H2,1-2H3,(H,16,17). The fraction of sp³-hybridized carbons (Fsp3) is 0.923. The number of aliphatic carboxylic acids is 1. The molecule has 0 spiro atoms. The van der Waals surface area contributed by atoms with Crippen LogP contribution in [-0.4, -0.2) is 54.3 Å². The Morgan fingerprint density at radius 2 is 1.55 bits per heavy atom. The van der Waals surface area contributed by atoms with Gasteiger partial charge in [0.2, 0.25) is 0 Å². The molecule has 0 saturated carbocycles. The second-order valence-corrected chi connectivity index (χ2v) is 8.28. The van der Waals surface area contributed by atoms with E-state index in [1.54, 1.807) is 11.2 Å². The Hall–Kier alpha value is -0.660. The molecule has 0 atom stereocenters. The second kappa shape index (κ2) is 5.61. The smallest absolute Gasteiger partial charge is 0.309 e. The van der Waals surface area contributed by atoms with Crippen LogP contribution in [0.25, 0.3) is 0 Å². The van der Waals surface area contributed by atoms with Crippen molar-refractivity contribution >= 4 is 16.2 Å². The molecule has 6 nitrogen and oxygen atoms in total. The molecular formula is C13H24N2O4S. The normalized spacial score (nSPS) is 26.5. The van der Waals surface area contributed by atoms with E-state index in [4.69, 9.17) is 0 Å². The van der Waals surface area contributed by atoms with Gasteiger partial charge in [-0.05, 0) is 38.5 Å². The molecule has 0 radical (unpaired) electrons. The number of nitrogens with zero attached hydrogens (tertiary/aromatic N) is 2. The van der Waals surface area contributed by atoms with E-state index in [-0.39, 0.29) is 0 Å². The Kier molecular flexibility index (Phi) is 4.41. The second-order valence-electron chi connectivity index (χ2n) is 6.35. The zero-order valence-electron chi connectivity index (χ0n) is 12.2. The van der Waals surface area contributed by atoms with E-state index in [9.17, 15) is 18.3 Å². The van der Waals surface area contributed by atoms with Gasteiger partial charge in [-0.2, -0.15) is 17.0 Å². The molecule has 0 unspecified atom stereocenters. The van der Waals surface area contributed by atoms with Crippen LogP contribution in [0.15, 0.2) is 0 Å². The number of carboxylic acids is 1. The van der Waals surface area contributed by atoms with Crippen LogP contribution < -0.4 is 0 Å². The van der Waals surface area contributed by atoms with Crippen LogP contribution in [0, 0.1) is 11.3 Å². The molecule has 20 heavy (non-hydrogen) atoms. The summed E-state index contributed by atoms with van der Waals surface area (Å²) in [6.07, 6.45) is 2.57. The van der Waals surface area contributed by atoms with Crippen LogP contribution in [0.4, 0.5) is 0 Å². The molecule has 1 N–H and O–H groups in total. The lowest BCUT2D eigenvalue weighted by molar-refractivity contribution is -0.150.